The summed E-state index contributed by atoms with van der Waals surface area (Å²) in [5, 5.41) is 6.34. The number of hydrogen-bond acceptors (Lipinski definition) is 1. The van der Waals surface area contributed by atoms with Crippen LogP contribution in [0.3, 0.4) is 0 Å². The molecular weight excluding hydrogens is 230 g/mol. The quantitative estimate of drug-likeness (QED) is 0.305. The van der Waals surface area contributed by atoms with Gasteiger partial charge in [-0.2, -0.15) is 0 Å². The van der Waals surface area contributed by atoms with Crippen LogP contribution in [-0.4, -0.2) is 17.9 Å². The first kappa shape index (κ1) is 13.1. The normalized spacial score (nSPS) is 10.6. The molecule has 0 aliphatic heterocycles. The van der Waals surface area contributed by atoms with E-state index in [-0.39, 0.29) is 0 Å². The second-order valence-electron chi connectivity index (χ2n) is 3.20. The number of allylic oxidation sites excluding steroid dienone is 1. The molecule has 4 heteroatoms. The van der Waals surface area contributed by atoms with Crippen LogP contribution in [0.5, 0.6) is 0 Å². The highest BCUT2D eigenvalue weighted by Gasteiger charge is 1.90. The summed E-state index contributed by atoms with van der Waals surface area (Å²) in [7, 11) is 0. The lowest BCUT2D eigenvalue weighted by molar-refractivity contribution is -0.499. The van der Waals surface area contributed by atoms with E-state index in [1.54, 1.807) is 12.3 Å². The Labute approximate surface area is 107 Å². The van der Waals surface area contributed by atoms with Crippen molar-refractivity contribution in [2.24, 2.45) is 0 Å². The van der Waals surface area contributed by atoms with Crippen LogP contribution >= 0.6 is 12.2 Å². The number of hydrazine groups is 1. The zero-order valence-electron chi connectivity index (χ0n) is 9.52. The molecule has 0 amide bonds. The van der Waals surface area contributed by atoms with Crippen molar-refractivity contribution in [3.63, 3.8) is 0 Å². The lowest BCUT2D eigenvalue weighted by Gasteiger charge is -1.98. The van der Waals surface area contributed by atoms with Crippen LogP contribution in [0.25, 0.3) is 6.08 Å². The van der Waals surface area contributed by atoms with E-state index in [0.29, 0.717) is 11.7 Å². The van der Waals surface area contributed by atoms with Crippen LogP contribution in [0.4, 0.5) is 0 Å². The molecule has 0 fully saturated rings. The van der Waals surface area contributed by atoms with Gasteiger partial charge in [0.1, 0.15) is 0 Å². The number of benzene rings is 1. The molecule has 3 nitrogen and oxygen atoms in total. The van der Waals surface area contributed by atoms with Gasteiger partial charge in [0.05, 0.1) is 0 Å². The fraction of sp³-hybridized carbons (Fsp3) is 0.0769. The van der Waals surface area contributed by atoms with Gasteiger partial charge in [-0.15, -0.1) is 17.1 Å². The van der Waals surface area contributed by atoms with Gasteiger partial charge in [0.2, 0.25) is 5.11 Å². The lowest BCUT2D eigenvalue weighted by atomic mass is 10.2. The van der Waals surface area contributed by atoms with Crippen LogP contribution in [-0.2, 0) is 0 Å². The van der Waals surface area contributed by atoms with Gasteiger partial charge in [-0.1, -0.05) is 36.4 Å². The monoisotopic (exact) mass is 246 g/mol. The van der Waals surface area contributed by atoms with E-state index < -0.39 is 0 Å². The summed E-state index contributed by atoms with van der Waals surface area (Å²) in [6.45, 7) is 4.23. The molecule has 0 aliphatic carbocycles. The lowest BCUT2D eigenvalue weighted by Crippen LogP contribution is -2.82. The Balaban J connectivity index is 2.28. The number of nitrogens with one attached hydrogen (secondary N) is 3. The van der Waals surface area contributed by atoms with Gasteiger partial charge in [-0.25, -0.2) is 0 Å². The standard InChI is InChI=1S/C13H15N3S/c1-2-10-14-13(17)16-15-11-6-9-12-7-4-3-5-8-12/h2-9,11H,1,10H2,(H2,14,16,17)/p+1. The van der Waals surface area contributed by atoms with Gasteiger partial charge in [-0.05, 0) is 23.9 Å². The maximum absolute atomic E-state index is 4.99. The summed E-state index contributed by atoms with van der Waals surface area (Å²) in [5.74, 6) is 0. The Morgan fingerprint density at radius 3 is 2.82 bits per heavy atom. The van der Waals surface area contributed by atoms with E-state index in [4.69, 9.17) is 12.2 Å². The van der Waals surface area contributed by atoms with Crippen LogP contribution in [0, 0.1) is 0 Å². The van der Waals surface area contributed by atoms with Crippen molar-refractivity contribution in [2.75, 3.05) is 6.54 Å². The maximum Gasteiger partial charge on any atom is 0.224 e. The van der Waals surface area contributed by atoms with Gasteiger partial charge < -0.3 is 5.32 Å². The van der Waals surface area contributed by atoms with Crippen molar-refractivity contribution in [1.29, 1.82) is 0 Å². The second-order valence-corrected chi connectivity index (χ2v) is 3.61. The summed E-state index contributed by atoms with van der Waals surface area (Å²) >= 11 is 4.99. The molecule has 0 aromatic heterocycles. The third kappa shape index (κ3) is 6.27. The predicted octanol–water partition coefficient (Wildman–Crippen LogP) is 0.416. The van der Waals surface area contributed by atoms with Crippen molar-refractivity contribution < 1.29 is 5.10 Å². The van der Waals surface area contributed by atoms with Crippen molar-refractivity contribution in [1.82, 2.24) is 10.7 Å². The van der Waals surface area contributed by atoms with Gasteiger partial charge >= 0.3 is 0 Å². The molecule has 0 bridgehead atoms. The van der Waals surface area contributed by atoms with E-state index >= 15 is 0 Å². The molecule has 1 rings (SSSR count). The van der Waals surface area contributed by atoms with Crippen LogP contribution in [0.1, 0.15) is 5.56 Å². The van der Waals surface area contributed by atoms with Gasteiger partial charge in [0.25, 0.3) is 0 Å². The first-order valence-corrected chi connectivity index (χ1v) is 5.69. The van der Waals surface area contributed by atoms with E-state index in [1.165, 1.54) is 0 Å². The highest BCUT2D eigenvalue weighted by Crippen LogP contribution is 1.99. The molecule has 0 aliphatic rings. The highest BCUT2D eigenvalue weighted by atomic mass is 32.1. The first-order chi connectivity index (χ1) is 8.33. The molecule has 0 atom stereocenters. The Kier molecular flexibility index (Phi) is 6.36. The second kappa shape index (κ2) is 8.24. The summed E-state index contributed by atoms with van der Waals surface area (Å²) < 4.78 is 0. The molecule has 1 aromatic rings. The highest BCUT2D eigenvalue weighted by molar-refractivity contribution is 7.80. The fourth-order valence-electron chi connectivity index (χ4n) is 1.09. The maximum atomic E-state index is 4.99. The van der Waals surface area contributed by atoms with Crippen molar-refractivity contribution in [3.05, 3.63) is 54.6 Å². The van der Waals surface area contributed by atoms with Crippen LogP contribution in [0.15, 0.2) is 49.1 Å². The largest absolute Gasteiger partial charge is 0.355 e. The molecule has 0 unspecified atom stereocenters. The molecule has 0 heterocycles. The third-order valence-electron chi connectivity index (χ3n) is 1.86. The minimum atomic E-state index is 0.536. The smallest absolute Gasteiger partial charge is 0.224 e. The molecule has 0 radical (unpaired) electrons. The van der Waals surface area contributed by atoms with Crippen molar-refractivity contribution >= 4 is 29.6 Å². The minimum absolute atomic E-state index is 0.536. The number of thiocarbonyl (C=S) groups is 1. The van der Waals surface area contributed by atoms with E-state index in [2.05, 4.69) is 22.4 Å². The summed E-state index contributed by atoms with van der Waals surface area (Å²) in [6, 6.07) is 10.1. The molecule has 0 spiro atoms. The predicted molar refractivity (Wildman–Crippen MR) is 76.4 cm³/mol. The third-order valence-corrected chi connectivity index (χ3v) is 2.11. The van der Waals surface area contributed by atoms with Crippen LogP contribution in [0.2, 0.25) is 0 Å². The van der Waals surface area contributed by atoms with E-state index in [1.807, 2.05) is 42.5 Å². The molecule has 1 aromatic carbocycles. The topological polar surface area (TPSA) is 38.0 Å². The Hall–Kier alpha value is -1.94. The Bertz CT molecular complexity index is 410. The molecule has 17 heavy (non-hydrogen) atoms. The van der Waals surface area contributed by atoms with E-state index in [0.717, 1.165) is 5.56 Å². The molecule has 3 N–H and O–H groups in total. The SMILES string of the molecule is C=CCNC(=S)N[NH+]=CC=Cc1ccccc1. The zero-order chi connectivity index (χ0) is 12.3. The molecule has 0 saturated heterocycles. The molecule has 0 saturated carbocycles. The average Bonchev–Trinajstić information content (AvgIpc) is 2.37. The van der Waals surface area contributed by atoms with Crippen molar-refractivity contribution in [2.45, 2.75) is 0 Å². The van der Waals surface area contributed by atoms with Gasteiger partial charge in [0, 0.05) is 12.6 Å². The average molecular weight is 246 g/mol. The summed E-state index contributed by atoms with van der Waals surface area (Å²) in [5.41, 5.74) is 3.97. The summed E-state index contributed by atoms with van der Waals surface area (Å²) in [4.78, 5) is 0. The number of hydrazone groups is 1. The fourth-order valence-corrected chi connectivity index (χ4v) is 1.23. The number of rotatable bonds is 5. The van der Waals surface area contributed by atoms with Crippen molar-refractivity contribution in [3.8, 4) is 0 Å². The number of hydrogen-bond donors (Lipinski definition) is 3. The van der Waals surface area contributed by atoms with Gasteiger partial charge in [0.15, 0.2) is 6.21 Å². The first-order valence-electron chi connectivity index (χ1n) is 5.28. The molecular formula is C13H16N3S+. The van der Waals surface area contributed by atoms with Crippen LogP contribution < -0.4 is 15.8 Å². The Morgan fingerprint density at radius 1 is 1.35 bits per heavy atom. The molecule has 88 valence electrons. The van der Waals surface area contributed by atoms with E-state index in [9.17, 15) is 0 Å². The summed E-state index contributed by atoms with van der Waals surface area (Å²) in [6.07, 6.45) is 7.41. The minimum Gasteiger partial charge on any atom is -0.355 e. The van der Waals surface area contributed by atoms with Gasteiger partial charge in [-0.3, -0.25) is 0 Å². The zero-order valence-corrected chi connectivity index (χ0v) is 10.3. The Morgan fingerprint density at radius 2 is 2.12 bits per heavy atom.